The summed E-state index contributed by atoms with van der Waals surface area (Å²) in [6.45, 7) is -0.293. The smallest absolute Gasteiger partial charge is 0.413 e. The molecule has 0 aromatic heterocycles. The molecule has 0 radical (unpaired) electrons. The molecule has 6 aromatic rings. The standard InChI is InChI=1S/C38H30N3O8P3/c42-25-27-17-21-29(22-18-27)44-50(45-30-23-19-28(26-43)20-24-30)39-51(46-35-13-5-1-9-31(35)32-10-2-6-14-36(32)47-51)41-52(40-50)48-37-15-7-3-11-33(37)34-12-4-8-16-38(34)49-52/h1-24,42-43H,25-26H2. The first-order valence-corrected chi connectivity index (χ1v) is 20.9. The number of para-hydroxylation sites is 4. The van der Waals surface area contributed by atoms with Gasteiger partial charge in [-0.15, -0.1) is 0 Å². The van der Waals surface area contributed by atoms with Gasteiger partial charge in [-0.3, -0.25) is 0 Å². The van der Waals surface area contributed by atoms with Gasteiger partial charge in [-0.2, -0.15) is 0 Å². The summed E-state index contributed by atoms with van der Waals surface area (Å²) in [7, 11) is -11.8. The number of aliphatic hydroxyl groups is 2. The highest BCUT2D eigenvalue weighted by atomic mass is 31.3. The highest BCUT2D eigenvalue weighted by molar-refractivity contribution is 7.79. The fourth-order valence-corrected chi connectivity index (χ4v) is 15.1. The van der Waals surface area contributed by atoms with Gasteiger partial charge < -0.3 is 37.4 Å². The van der Waals surface area contributed by atoms with Crippen molar-refractivity contribution >= 4 is 23.0 Å². The largest absolute Gasteiger partial charge is 0.460 e. The first-order valence-electron chi connectivity index (χ1n) is 16.3. The zero-order valence-corrected chi connectivity index (χ0v) is 30.0. The first-order chi connectivity index (χ1) is 25.5. The lowest BCUT2D eigenvalue weighted by Gasteiger charge is -2.32. The van der Waals surface area contributed by atoms with Crippen LogP contribution in [0, 0.1) is 0 Å². The molecule has 6 aromatic carbocycles. The van der Waals surface area contributed by atoms with E-state index in [2.05, 4.69) is 0 Å². The van der Waals surface area contributed by atoms with Crippen LogP contribution in [0.15, 0.2) is 159 Å². The minimum atomic E-state index is -4.01. The van der Waals surface area contributed by atoms with Crippen molar-refractivity contribution < 1.29 is 37.4 Å². The Balaban J connectivity index is 1.35. The van der Waals surface area contributed by atoms with Crippen LogP contribution in [-0.2, 0) is 13.2 Å². The van der Waals surface area contributed by atoms with Crippen LogP contribution in [0.4, 0.5) is 0 Å². The average Bonchev–Trinajstić information content (AvgIpc) is 3.38. The Bertz CT molecular complexity index is 2250. The fraction of sp³-hybridized carbons (Fsp3) is 0.0526. The molecule has 0 unspecified atom stereocenters. The van der Waals surface area contributed by atoms with Crippen molar-refractivity contribution in [3.8, 4) is 56.8 Å². The van der Waals surface area contributed by atoms with E-state index in [0.29, 0.717) is 45.6 Å². The molecule has 11 nitrogen and oxygen atoms in total. The maximum Gasteiger partial charge on any atom is 0.460 e. The predicted molar refractivity (Wildman–Crippen MR) is 200 cm³/mol. The summed E-state index contributed by atoms with van der Waals surface area (Å²) in [6.07, 6.45) is 0. The molecule has 2 spiro atoms. The molecule has 2 N–H and O–H groups in total. The van der Waals surface area contributed by atoms with Crippen LogP contribution < -0.4 is 27.1 Å². The summed E-state index contributed by atoms with van der Waals surface area (Å²) in [6, 6.07) is 44.1. The zero-order chi connectivity index (χ0) is 35.2. The third-order valence-electron chi connectivity index (χ3n) is 8.34. The number of aliphatic hydroxyl groups excluding tert-OH is 2. The first kappa shape index (κ1) is 32.6. The van der Waals surface area contributed by atoms with Crippen LogP contribution in [0.25, 0.3) is 22.3 Å². The molecule has 0 aliphatic carbocycles. The molecule has 0 fully saturated rings. The second kappa shape index (κ2) is 13.1. The van der Waals surface area contributed by atoms with Crippen LogP contribution >= 0.6 is 23.0 Å². The van der Waals surface area contributed by atoms with Crippen LogP contribution in [0.3, 0.4) is 0 Å². The SMILES string of the molecule is OCc1ccc(OP2(Oc3ccc(CO)cc3)=NP3(=NP4(=N2)Oc2ccccc2-c2ccccc2O4)Oc2ccccc2-c2ccccc2O3)cc1. The highest BCUT2D eigenvalue weighted by Crippen LogP contribution is 2.80. The summed E-state index contributed by atoms with van der Waals surface area (Å²) >= 11 is 0. The molecule has 0 bridgehead atoms. The molecular formula is C38H30N3O8P3. The van der Waals surface area contributed by atoms with E-state index in [4.69, 9.17) is 40.7 Å². The lowest BCUT2D eigenvalue weighted by atomic mass is 10.0. The van der Waals surface area contributed by atoms with E-state index in [0.717, 1.165) is 22.3 Å². The Kier molecular flexibility index (Phi) is 8.19. The van der Waals surface area contributed by atoms with Gasteiger partial charge in [0.15, 0.2) is 0 Å². The molecule has 3 aliphatic rings. The Morgan fingerprint density at radius 3 is 1.08 bits per heavy atom. The van der Waals surface area contributed by atoms with Gasteiger partial charge in [0.1, 0.15) is 34.5 Å². The van der Waals surface area contributed by atoms with Crippen molar-refractivity contribution in [2.24, 2.45) is 13.5 Å². The Morgan fingerprint density at radius 2 is 0.731 bits per heavy atom. The monoisotopic (exact) mass is 749 g/mol. The van der Waals surface area contributed by atoms with Gasteiger partial charge in [0.25, 0.3) is 0 Å². The van der Waals surface area contributed by atoms with Crippen LogP contribution in [0.2, 0.25) is 0 Å². The minimum absolute atomic E-state index is 0.147. The number of fused-ring (bicyclic) bond motifs is 6. The van der Waals surface area contributed by atoms with Gasteiger partial charge in [-0.05, 0) is 59.7 Å². The molecule has 3 aliphatic heterocycles. The van der Waals surface area contributed by atoms with Gasteiger partial charge in [0.2, 0.25) is 0 Å². The maximum atomic E-state index is 9.76. The molecule has 0 atom stereocenters. The third-order valence-corrected chi connectivity index (χ3v) is 16.4. The quantitative estimate of drug-likeness (QED) is 0.161. The summed E-state index contributed by atoms with van der Waals surface area (Å²) in [5.74, 6) is 2.66. The number of nitrogens with zero attached hydrogens (tertiary/aromatic N) is 3. The van der Waals surface area contributed by atoms with Crippen LogP contribution in [0.1, 0.15) is 11.1 Å². The van der Waals surface area contributed by atoms with E-state index in [1.807, 2.05) is 97.1 Å². The van der Waals surface area contributed by atoms with E-state index >= 15 is 0 Å². The van der Waals surface area contributed by atoms with Crippen LogP contribution in [0.5, 0.6) is 34.5 Å². The molecule has 0 saturated carbocycles. The summed E-state index contributed by atoms with van der Waals surface area (Å²) < 4.78 is 56.7. The number of hydrogen-bond donors (Lipinski definition) is 2. The zero-order valence-electron chi connectivity index (χ0n) is 27.3. The number of hydrogen-bond acceptors (Lipinski definition) is 11. The topological polar surface area (TPSA) is 133 Å². The van der Waals surface area contributed by atoms with E-state index < -0.39 is 23.0 Å². The molecule has 14 heteroatoms. The van der Waals surface area contributed by atoms with Crippen molar-refractivity contribution in [2.75, 3.05) is 0 Å². The molecule has 9 rings (SSSR count). The van der Waals surface area contributed by atoms with Crippen molar-refractivity contribution in [1.82, 2.24) is 0 Å². The molecular weight excluding hydrogens is 719 g/mol. The Morgan fingerprint density at radius 1 is 0.404 bits per heavy atom. The number of rotatable bonds is 6. The van der Waals surface area contributed by atoms with Crippen LogP contribution in [-0.4, -0.2) is 10.2 Å². The molecule has 52 heavy (non-hydrogen) atoms. The highest BCUT2D eigenvalue weighted by Gasteiger charge is 2.50. The van der Waals surface area contributed by atoms with E-state index in [-0.39, 0.29) is 13.2 Å². The van der Waals surface area contributed by atoms with Gasteiger partial charge >= 0.3 is 23.0 Å². The minimum Gasteiger partial charge on any atom is -0.413 e. The fourth-order valence-electron chi connectivity index (χ4n) is 5.93. The summed E-state index contributed by atoms with van der Waals surface area (Å²) in [4.78, 5) is 0. The molecule has 3 heterocycles. The summed E-state index contributed by atoms with van der Waals surface area (Å²) in [5.41, 5.74) is 4.54. The van der Waals surface area contributed by atoms with Gasteiger partial charge in [-0.25, -0.2) is 0 Å². The van der Waals surface area contributed by atoms with Gasteiger partial charge in [-0.1, -0.05) is 111 Å². The molecule has 0 amide bonds. The average molecular weight is 750 g/mol. The van der Waals surface area contributed by atoms with Crippen molar-refractivity contribution in [2.45, 2.75) is 13.2 Å². The normalized spacial score (nSPS) is 16.4. The van der Waals surface area contributed by atoms with Gasteiger partial charge in [0, 0.05) is 22.3 Å². The van der Waals surface area contributed by atoms with Crippen molar-refractivity contribution in [1.29, 1.82) is 0 Å². The predicted octanol–water partition coefficient (Wildman–Crippen LogP) is 11.3. The Hall–Kier alpha value is -5.27. The maximum absolute atomic E-state index is 9.76. The van der Waals surface area contributed by atoms with Crippen molar-refractivity contribution in [3.63, 3.8) is 0 Å². The molecule has 0 saturated heterocycles. The molecule has 260 valence electrons. The lowest BCUT2D eigenvalue weighted by molar-refractivity contribution is 0.281. The number of benzene rings is 6. The van der Waals surface area contributed by atoms with E-state index in [1.165, 1.54) is 0 Å². The second-order valence-corrected chi connectivity index (χ2v) is 18.1. The third kappa shape index (κ3) is 6.07. The van der Waals surface area contributed by atoms with Crippen molar-refractivity contribution in [3.05, 3.63) is 157 Å². The lowest BCUT2D eigenvalue weighted by Crippen LogP contribution is -2.10. The Labute approximate surface area is 299 Å². The summed E-state index contributed by atoms with van der Waals surface area (Å²) in [5, 5.41) is 19.5. The van der Waals surface area contributed by atoms with E-state index in [1.54, 1.807) is 48.5 Å². The van der Waals surface area contributed by atoms with E-state index in [9.17, 15) is 10.2 Å². The van der Waals surface area contributed by atoms with Gasteiger partial charge in [0.05, 0.1) is 13.2 Å². The second-order valence-electron chi connectivity index (χ2n) is 11.9.